The summed E-state index contributed by atoms with van der Waals surface area (Å²) in [5.74, 6) is 1.77. The Bertz CT molecular complexity index is 672. The lowest BCUT2D eigenvalue weighted by molar-refractivity contribution is -0.0334. The van der Waals surface area contributed by atoms with Crippen LogP contribution in [0.5, 0.6) is 0 Å². The second kappa shape index (κ2) is 4.98. The number of nitrogens with one attached hydrogen (secondary N) is 1. The molecule has 0 unspecified atom stereocenters. The second-order valence-electron chi connectivity index (χ2n) is 7.47. The zero-order valence-electron chi connectivity index (χ0n) is 13.3. The molecule has 2 fully saturated rings. The number of anilines is 1. The molecule has 2 N–H and O–H groups in total. The lowest BCUT2D eigenvalue weighted by atomic mass is 9.45. The molecule has 2 saturated carbocycles. The summed E-state index contributed by atoms with van der Waals surface area (Å²) in [5, 5.41) is 10.6. The Hall–Kier alpha value is -1.56. The molecule has 0 aromatic carbocycles. The Morgan fingerprint density at radius 1 is 1.36 bits per heavy atom. The second-order valence-corrected chi connectivity index (χ2v) is 7.47. The quantitative estimate of drug-likeness (QED) is 0.851. The van der Waals surface area contributed by atoms with Crippen molar-refractivity contribution in [3.63, 3.8) is 0 Å². The molecule has 116 valence electrons. The number of fused-ring (bicyclic) bond motifs is 1. The predicted molar refractivity (Wildman–Crippen MR) is 89.1 cm³/mol. The number of nitrogens with zero attached hydrogens (tertiary/aromatic N) is 3. The molecule has 0 amide bonds. The van der Waals surface area contributed by atoms with Crippen LogP contribution in [0, 0.1) is 11.3 Å². The van der Waals surface area contributed by atoms with E-state index in [2.05, 4.69) is 33.0 Å². The highest BCUT2D eigenvalue weighted by molar-refractivity contribution is 6.48. The molecule has 6 heteroatoms. The highest BCUT2D eigenvalue weighted by Gasteiger charge is 2.53. The first-order valence-corrected chi connectivity index (χ1v) is 8.25. The first-order valence-electron chi connectivity index (χ1n) is 8.25. The van der Waals surface area contributed by atoms with Crippen LogP contribution in [-0.4, -0.2) is 40.0 Å². The van der Waals surface area contributed by atoms with Crippen LogP contribution in [0.25, 0.3) is 11.0 Å². The number of aromatic nitrogens is 3. The van der Waals surface area contributed by atoms with Crippen molar-refractivity contribution in [2.24, 2.45) is 11.3 Å². The molecule has 0 atom stereocenters. The van der Waals surface area contributed by atoms with Crippen LogP contribution in [0.15, 0.2) is 18.6 Å². The van der Waals surface area contributed by atoms with E-state index in [0.717, 1.165) is 29.1 Å². The molecule has 0 saturated heterocycles. The van der Waals surface area contributed by atoms with Crippen LogP contribution >= 0.6 is 0 Å². The molecule has 2 aromatic heterocycles. The lowest BCUT2D eigenvalue weighted by Gasteiger charge is -2.60. The van der Waals surface area contributed by atoms with E-state index in [9.17, 15) is 5.02 Å². The average molecular weight is 298 g/mol. The van der Waals surface area contributed by atoms with Gasteiger partial charge in [0.2, 0.25) is 0 Å². The predicted octanol–water partition coefficient (Wildman–Crippen LogP) is 2.57. The van der Waals surface area contributed by atoms with E-state index in [-0.39, 0.29) is 6.92 Å². The molecule has 2 aliphatic carbocycles. The van der Waals surface area contributed by atoms with Gasteiger partial charge in [-0.3, -0.25) is 0 Å². The molecule has 4 rings (SSSR count). The normalized spacial score (nSPS) is 30.1. The summed E-state index contributed by atoms with van der Waals surface area (Å²) in [6, 6.07) is 2.64. The number of hydrogen-bond acceptors (Lipinski definition) is 4. The standard InChI is InChI=1S/C16H23BN4O/c1-17(22)9-11-5-16(6-11)7-12(8-16)21(2)15-13-3-4-18-14(13)19-10-20-15/h3-4,10-12,22H,5-9H2,1-2H3,(H,18,19,20). The van der Waals surface area contributed by atoms with Crippen LogP contribution in [-0.2, 0) is 0 Å². The topological polar surface area (TPSA) is 65.0 Å². The van der Waals surface area contributed by atoms with Crippen molar-refractivity contribution in [2.75, 3.05) is 11.9 Å². The van der Waals surface area contributed by atoms with E-state index in [1.807, 2.05) is 13.0 Å². The first-order chi connectivity index (χ1) is 10.6. The zero-order valence-corrected chi connectivity index (χ0v) is 13.3. The maximum Gasteiger partial charge on any atom is 0.286 e. The monoisotopic (exact) mass is 298 g/mol. The molecule has 5 nitrogen and oxygen atoms in total. The van der Waals surface area contributed by atoms with Crippen molar-refractivity contribution in [3.8, 4) is 0 Å². The van der Waals surface area contributed by atoms with Gasteiger partial charge in [-0.1, -0.05) is 6.82 Å². The number of hydrogen-bond donors (Lipinski definition) is 2. The van der Waals surface area contributed by atoms with Gasteiger partial charge in [-0.05, 0) is 49.4 Å². The summed E-state index contributed by atoms with van der Waals surface area (Å²) < 4.78 is 0. The van der Waals surface area contributed by atoms with Crippen LogP contribution in [0.4, 0.5) is 5.82 Å². The molecule has 1 spiro atoms. The molecule has 2 heterocycles. The molecule has 0 aliphatic heterocycles. The average Bonchev–Trinajstić information content (AvgIpc) is 2.86. The number of H-pyrrole nitrogens is 1. The number of rotatable bonds is 4. The fourth-order valence-electron chi connectivity index (χ4n) is 4.67. The summed E-state index contributed by atoms with van der Waals surface area (Å²) in [6.07, 6.45) is 9.65. The van der Waals surface area contributed by atoms with Gasteiger partial charge in [-0.25, -0.2) is 9.97 Å². The zero-order chi connectivity index (χ0) is 15.3. The summed E-state index contributed by atoms with van der Waals surface area (Å²) in [6.45, 7) is 1.75. The van der Waals surface area contributed by atoms with Gasteiger partial charge in [0.15, 0.2) is 0 Å². The van der Waals surface area contributed by atoms with Crippen LogP contribution < -0.4 is 4.90 Å². The maximum atomic E-state index is 9.49. The molecular formula is C16H23BN4O. The van der Waals surface area contributed by atoms with E-state index in [0.29, 0.717) is 11.5 Å². The van der Waals surface area contributed by atoms with Gasteiger partial charge in [0.05, 0.1) is 5.39 Å². The molecule has 0 radical (unpaired) electrons. The van der Waals surface area contributed by atoms with Gasteiger partial charge in [-0.2, -0.15) is 0 Å². The van der Waals surface area contributed by atoms with E-state index < -0.39 is 0 Å². The minimum absolute atomic E-state index is 0.149. The van der Waals surface area contributed by atoms with Crippen LogP contribution in [0.1, 0.15) is 25.7 Å². The van der Waals surface area contributed by atoms with Crippen LogP contribution in [0.2, 0.25) is 13.1 Å². The summed E-state index contributed by atoms with van der Waals surface area (Å²) >= 11 is 0. The summed E-state index contributed by atoms with van der Waals surface area (Å²) in [5.41, 5.74) is 1.47. The highest BCUT2D eigenvalue weighted by Crippen LogP contribution is 2.61. The Morgan fingerprint density at radius 2 is 2.14 bits per heavy atom. The summed E-state index contributed by atoms with van der Waals surface area (Å²) in [4.78, 5) is 14.2. The third-order valence-electron chi connectivity index (χ3n) is 5.67. The largest absolute Gasteiger partial charge is 0.451 e. The SMILES string of the molecule is CB(O)CC1CC2(C1)CC(N(C)c1ncnc3[nH]ccc13)C2. The molecule has 22 heavy (non-hydrogen) atoms. The Labute approximate surface area is 131 Å². The minimum atomic E-state index is -0.149. The van der Waals surface area contributed by atoms with Gasteiger partial charge in [0.1, 0.15) is 17.8 Å². The van der Waals surface area contributed by atoms with Crippen molar-refractivity contribution < 1.29 is 5.02 Å². The van der Waals surface area contributed by atoms with E-state index in [1.165, 1.54) is 25.7 Å². The summed E-state index contributed by atoms with van der Waals surface area (Å²) in [7, 11) is 2.15. The fourth-order valence-corrected chi connectivity index (χ4v) is 4.67. The van der Waals surface area contributed by atoms with Gasteiger partial charge in [0.25, 0.3) is 6.92 Å². The van der Waals surface area contributed by atoms with Crippen molar-refractivity contribution in [1.82, 2.24) is 15.0 Å². The van der Waals surface area contributed by atoms with Gasteiger partial charge in [0, 0.05) is 19.3 Å². The third kappa shape index (κ3) is 2.21. The number of aromatic amines is 1. The Balaban J connectivity index is 1.40. The van der Waals surface area contributed by atoms with Gasteiger partial charge in [-0.15, -0.1) is 0 Å². The fraction of sp³-hybridized carbons (Fsp3) is 0.625. The van der Waals surface area contributed by atoms with E-state index >= 15 is 0 Å². The Kier molecular flexibility index (Phi) is 3.18. The first kappa shape index (κ1) is 14.1. The molecule has 2 aromatic rings. The van der Waals surface area contributed by atoms with Crippen LogP contribution in [0.3, 0.4) is 0 Å². The van der Waals surface area contributed by atoms with Crippen molar-refractivity contribution in [2.45, 2.75) is 44.9 Å². The molecular weight excluding hydrogens is 275 g/mol. The Morgan fingerprint density at radius 3 is 2.86 bits per heavy atom. The molecule has 0 bridgehead atoms. The van der Waals surface area contributed by atoms with Crippen molar-refractivity contribution >= 4 is 23.8 Å². The highest BCUT2D eigenvalue weighted by atomic mass is 16.2. The third-order valence-corrected chi connectivity index (χ3v) is 5.67. The lowest BCUT2D eigenvalue weighted by Crippen LogP contribution is -2.56. The minimum Gasteiger partial charge on any atom is -0.451 e. The van der Waals surface area contributed by atoms with Gasteiger partial charge < -0.3 is 14.9 Å². The maximum absolute atomic E-state index is 9.49. The van der Waals surface area contributed by atoms with Crippen molar-refractivity contribution in [3.05, 3.63) is 18.6 Å². The molecule has 2 aliphatic rings. The van der Waals surface area contributed by atoms with Crippen molar-refractivity contribution in [1.29, 1.82) is 0 Å². The van der Waals surface area contributed by atoms with E-state index in [1.54, 1.807) is 6.33 Å². The smallest absolute Gasteiger partial charge is 0.286 e. The van der Waals surface area contributed by atoms with E-state index in [4.69, 9.17) is 0 Å². The van der Waals surface area contributed by atoms with Gasteiger partial charge >= 0.3 is 0 Å².